The zero-order chi connectivity index (χ0) is 16.1. The Hall–Kier alpha value is -0.680. The highest BCUT2D eigenvalue weighted by atomic mass is 19.1. The molecule has 0 aromatic heterocycles. The molecule has 2 aliphatic rings. The van der Waals surface area contributed by atoms with E-state index >= 15 is 0 Å². The minimum Gasteiger partial charge on any atom is -0.469 e. The normalized spacial score (nSPS) is 27.9. The number of alkyl halides is 1. The summed E-state index contributed by atoms with van der Waals surface area (Å²) in [7, 11) is 1.36. The van der Waals surface area contributed by atoms with E-state index in [1.165, 1.54) is 7.11 Å². The van der Waals surface area contributed by atoms with E-state index in [4.69, 9.17) is 9.47 Å². The first-order valence-corrected chi connectivity index (χ1v) is 7.66. The van der Waals surface area contributed by atoms with Gasteiger partial charge in [0.1, 0.15) is 0 Å². The minimum atomic E-state index is -1.34. The lowest BCUT2D eigenvalue weighted by atomic mass is 9.72. The molecule has 1 atom stereocenters. The number of ether oxygens (including phenoxy) is 2. The van der Waals surface area contributed by atoms with Gasteiger partial charge in [0.05, 0.1) is 25.7 Å². The van der Waals surface area contributed by atoms with Crippen LogP contribution in [0.15, 0.2) is 0 Å². The van der Waals surface area contributed by atoms with Gasteiger partial charge in [0.2, 0.25) is 0 Å². The van der Waals surface area contributed by atoms with Crippen molar-refractivity contribution in [1.82, 2.24) is 5.32 Å². The number of hydrogen-bond acceptors (Lipinski definition) is 4. The SMILES string of the molecule is CC(C)(C)C.COC(=O)[C@]1(CC2(F)COC2)CCCNC1.[HH]. The first-order chi connectivity index (χ1) is 9.60. The predicted molar refractivity (Wildman–Crippen MR) is 83.1 cm³/mol. The molecular formula is C16H32FNO3. The van der Waals surface area contributed by atoms with Crippen LogP contribution in [0.25, 0.3) is 0 Å². The first kappa shape index (κ1) is 18.4. The Balaban J connectivity index is 0.000000644. The van der Waals surface area contributed by atoms with Gasteiger partial charge in [-0.2, -0.15) is 0 Å². The highest BCUT2D eigenvalue weighted by Gasteiger charge is 2.51. The van der Waals surface area contributed by atoms with Crippen molar-refractivity contribution >= 4 is 5.97 Å². The summed E-state index contributed by atoms with van der Waals surface area (Å²) in [6.45, 7) is 10.3. The summed E-state index contributed by atoms with van der Waals surface area (Å²) >= 11 is 0. The van der Waals surface area contributed by atoms with Gasteiger partial charge in [-0.1, -0.05) is 27.7 Å². The van der Waals surface area contributed by atoms with Crippen LogP contribution in [0.1, 0.15) is 48.4 Å². The molecule has 0 aliphatic carbocycles. The molecular weight excluding hydrogens is 273 g/mol. The number of nitrogens with one attached hydrogen (secondary N) is 1. The number of halogens is 1. The maximum atomic E-state index is 14.1. The van der Waals surface area contributed by atoms with Crippen LogP contribution in [0.2, 0.25) is 0 Å². The highest BCUT2D eigenvalue weighted by Crippen LogP contribution is 2.41. The third-order valence-corrected chi connectivity index (χ3v) is 3.47. The Bertz CT molecular complexity index is 342. The molecule has 0 radical (unpaired) electrons. The van der Waals surface area contributed by atoms with Gasteiger partial charge in [0.15, 0.2) is 5.67 Å². The number of carbonyl (C=O) groups is 1. The lowest BCUT2D eigenvalue weighted by molar-refractivity contribution is -0.174. The van der Waals surface area contributed by atoms with Crippen LogP contribution in [0, 0.1) is 10.8 Å². The average molecular weight is 305 g/mol. The van der Waals surface area contributed by atoms with Crippen LogP contribution in [-0.4, -0.2) is 45.1 Å². The van der Waals surface area contributed by atoms with Gasteiger partial charge in [-0.15, -0.1) is 0 Å². The minimum absolute atomic E-state index is 0. The van der Waals surface area contributed by atoms with Gasteiger partial charge in [0, 0.05) is 14.4 Å². The molecule has 2 rings (SSSR count). The van der Waals surface area contributed by atoms with E-state index in [9.17, 15) is 9.18 Å². The summed E-state index contributed by atoms with van der Waals surface area (Å²) in [5.74, 6) is -0.302. The molecule has 2 aliphatic heterocycles. The quantitative estimate of drug-likeness (QED) is 0.814. The standard InChI is InChI=1S/C11H18FNO3.C5H12.H2/c1-15-9(14)10(3-2-4-13-6-10)5-11(12)7-16-8-11;1-5(2,3)4;/h13H,2-8H2,1H3;1-4H3;1H/t10-;;/m0../s1. The van der Waals surface area contributed by atoms with Gasteiger partial charge < -0.3 is 14.8 Å². The van der Waals surface area contributed by atoms with E-state index in [0.29, 0.717) is 18.4 Å². The third kappa shape index (κ3) is 5.91. The van der Waals surface area contributed by atoms with Crippen molar-refractivity contribution in [3.8, 4) is 0 Å². The van der Waals surface area contributed by atoms with Gasteiger partial charge in [0.25, 0.3) is 0 Å². The lowest BCUT2D eigenvalue weighted by Gasteiger charge is -2.43. The second kappa shape index (κ2) is 7.05. The largest absolute Gasteiger partial charge is 0.469 e. The van der Waals surface area contributed by atoms with E-state index in [1.54, 1.807) is 0 Å². The van der Waals surface area contributed by atoms with Crippen LogP contribution < -0.4 is 5.32 Å². The van der Waals surface area contributed by atoms with E-state index in [-0.39, 0.29) is 27.0 Å². The fourth-order valence-electron chi connectivity index (χ4n) is 2.61. The second-order valence-electron chi connectivity index (χ2n) is 7.87. The first-order valence-electron chi connectivity index (χ1n) is 7.66. The molecule has 0 bridgehead atoms. The van der Waals surface area contributed by atoms with Crippen molar-refractivity contribution in [3.05, 3.63) is 0 Å². The smallest absolute Gasteiger partial charge is 0.313 e. The highest BCUT2D eigenvalue weighted by molar-refractivity contribution is 5.77. The van der Waals surface area contributed by atoms with Crippen molar-refractivity contribution in [2.24, 2.45) is 10.8 Å². The predicted octanol–water partition coefficient (Wildman–Crippen LogP) is 2.96. The Kier molecular flexibility index (Phi) is 6.17. The van der Waals surface area contributed by atoms with Crippen molar-refractivity contribution < 1.29 is 20.1 Å². The van der Waals surface area contributed by atoms with Gasteiger partial charge in [-0.05, 0) is 24.8 Å². The molecule has 0 unspecified atom stereocenters. The van der Waals surface area contributed by atoms with E-state index in [2.05, 4.69) is 33.0 Å². The van der Waals surface area contributed by atoms with Crippen LogP contribution in [0.3, 0.4) is 0 Å². The molecule has 5 heteroatoms. The van der Waals surface area contributed by atoms with Crippen molar-refractivity contribution in [2.75, 3.05) is 33.4 Å². The van der Waals surface area contributed by atoms with Crippen molar-refractivity contribution in [3.63, 3.8) is 0 Å². The second-order valence-corrected chi connectivity index (χ2v) is 7.87. The number of rotatable bonds is 3. The van der Waals surface area contributed by atoms with Crippen LogP contribution in [-0.2, 0) is 14.3 Å². The summed E-state index contributed by atoms with van der Waals surface area (Å²) in [4.78, 5) is 11.8. The maximum absolute atomic E-state index is 14.1. The number of carbonyl (C=O) groups excluding carboxylic acids is 1. The van der Waals surface area contributed by atoms with Gasteiger partial charge in [-0.3, -0.25) is 4.79 Å². The topological polar surface area (TPSA) is 47.6 Å². The van der Waals surface area contributed by atoms with E-state index in [1.807, 2.05) is 0 Å². The average Bonchev–Trinajstić information content (AvgIpc) is 2.35. The lowest BCUT2D eigenvalue weighted by Crippen LogP contribution is -2.55. The summed E-state index contributed by atoms with van der Waals surface area (Å²) in [5.41, 5.74) is -1.54. The Morgan fingerprint density at radius 3 is 2.29 bits per heavy atom. The number of methoxy groups -OCH3 is 1. The molecule has 4 nitrogen and oxygen atoms in total. The molecule has 2 saturated heterocycles. The molecule has 126 valence electrons. The summed E-state index contributed by atoms with van der Waals surface area (Å²) in [6, 6.07) is 0. The van der Waals surface area contributed by atoms with Crippen molar-refractivity contribution in [2.45, 2.75) is 52.6 Å². The van der Waals surface area contributed by atoms with E-state index in [0.717, 1.165) is 13.0 Å². The third-order valence-electron chi connectivity index (χ3n) is 3.47. The fourth-order valence-corrected chi connectivity index (χ4v) is 2.61. The molecule has 21 heavy (non-hydrogen) atoms. The van der Waals surface area contributed by atoms with Crippen LogP contribution >= 0.6 is 0 Å². The zero-order valence-electron chi connectivity index (χ0n) is 14.1. The molecule has 0 spiro atoms. The molecule has 2 heterocycles. The van der Waals surface area contributed by atoms with Crippen molar-refractivity contribution in [1.29, 1.82) is 0 Å². The molecule has 0 amide bonds. The Morgan fingerprint density at radius 2 is 1.95 bits per heavy atom. The number of hydrogen-bond donors (Lipinski definition) is 1. The fraction of sp³-hybridized carbons (Fsp3) is 0.938. The van der Waals surface area contributed by atoms with Gasteiger partial charge >= 0.3 is 5.97 Å². The molecule has 1 N–H and O–H groups in total. The molecule has 2 fully saturated rings. The zero-order valence-corrected chi connectivity index (χ0v) is 14.1. The summed E-state index contributed by atoms with van der Waals surface area (Å²) in [6.07, 6.45) is 1.78. The maximum Gasteiger partial charge on any atom is 0.313 e. The summed E-state index contributed by atoms with van der Waals surface area (Å²) < 4.78 is 23.8. The number of piperidine rings is 1. The molecule has 0 aromatic carbocycles. The van der Waals surface area contributed by atoms with Crippen LogP contribution in [0.5, 0.6) is 0 Å². The Morgan fingerprint density at radius 1 is 1.38 bits per heavy atom. The monoisotopic (exact) mass is 305 g/mol. The van der Waals surface area contributed by atoms with Gasteiger partial charge in [-0.25, -0.2) is 4.39 Å². The number of esters is 1. The molecule has 0 aromatic rings. The molecule has 0 saturated carbocycles. The van der Waals surface area contributed by atoms with E-state index < -0.39 is 11.1 Å². The van der Waals surface area contributed by atoms with Crippen LogP contribution in [0.4, 0.5) is 4.39 Å². The summed E-state index contributed by atoms with van der Waals surface area (Å²) in [5, 5.41) is 3.15. The Labute approximate surface area is 129 Å².